The van der Waals surface area contributed by atoms with Gasteiger partial charge >= 0.3 is 0 Å². The lowest BCUT2D eigenvalue weighted by Gasteiger charge is -2.26. The van der Waals surface area contributed by atoms with Crippen LogP contribution in [0.5, 0.6) is 0 Å². The van der Waals surface area contributed by atoms with Gasteiger partial charge in [0.2, 0.25) is 0 Å². The molecule has 0 amide bonds. The first-order valence-corrected chi connectivity index (χ1v) is 8.57. The fourth-order valence-electron chi connectivity index (χ4n) is 3.19. The van der Waals surface area contributed by atoms with Gasteiger partial charge < -0.3 is 9.47 Å². The average molecular weight is 353 g/mol. The van der Waals surface area contributed by atoms with E-state index in [-0.39, 0.29) is 18.2 Å². The molecule has 0 bridgehead atoms. The highest BCUT2D eigenvalue weighted by Crippen LogP contribution is 2.32. The van der Waals surface area contributed by atoms with Gasteiger partial charge in [-0.15, -0.1) is 0 Å². The molecule has 21 heavy (non-hydrogen) atoms. The van der Waals surface area contributed by atoms with Crippen molar-refractivity contribution in [2.24, 2.45) is 5.92 Å². The third-order valence-corrected chi connectivity index (χ3v) is 4.92. The predicted octanol–water partition coefficient (Wildman–Crippen LogP) is 4.34. The molecule has 0 radical (unpaired) electrons. The Hall–Kier alpha value is -0.710. The van der Waals surface area contributed by atoms with Gasteiger partial charge in [-0.3, -0.25) is 4.79 Å². The van der Waals surface area contributed by atoms with Crippen molar-refractivity contribution < 1.29 is 14.3 Å². The summed E-state index contributed by atoms with van der Waals surface area (Å²) in [4.78, 5) is 12.2. The van der Waals surface area contributed by atoms with E-state index in [1.54, 1.807) is 0 Å². The summed E-state index contributed by atoms with van der Waals surface area (Å²) in [5.41, 5.74) is 0.739. The van der Waals surface area contributed by atoms with Crippen molar-refractivity contribution in [1.82, 2.24) is 0 Å². The molecule has 1 aliphatic heterocycles. The monoisotopic (exact) mass is 352 g/mol. The number of ketones is 1. The summed E-state index contributed by atoms with van der Waals surface area (Å²) in [6.07, 6.45) is 6.49. The van der Waals surface area contributed by atoms with Gasteiger partial charge in [0.1, 0.15) is 0 Å². The zero-order valence-electron chi connectivity index (χ0n) is 12.1. The lowest BCUT2D eigenvalue weighted by atomic mass is 9.89. The number of carbonyl (C=O) groups is 1. The van der Waals surface area contributed by atoms with Crippen molar-refractivity contribution >= 4 is 21.7 Å². The second kappa shape index (κ2) is 7.03. The summed E-state index contributed by atoms with van der Waals surface area (Å²) in [6.45, 7) is 0.545. The number of halogens is 1. The summed E-state index contributed by atoms with van der Waals surface area (Å²) in [6, 6.07) is 7.48. The summed E-state index contributed by atoms with van der Waals surface area (Å²) in [7, 11) is 0. The van der Waals surface area contributed by atoms with Crippen molar-refractivity contribution in [3.63, 3.8) is 0 Å². The Bertz CT molecular complexity index is 479. The van der Waals surface area contributed by atoms with Gasteiger partial charge in [0.25, 0.3) is 0 Å². The molecular formula is C17H21BrO3. The summed E-state index contributed by atoms with van der Waals surface area (Å²) < 4.78 is 12.7. The average Bonchev–Trinajstić information content (AvgIpc) is 2.97. The van der Waals surface area contributed by atoms with E-state index < -0.39 is 0 Å². The highest BCUT2D eigenvalue weighted by atomic mass is 79.9. The van der Waals surface area contributed by atoms with Crippen LogP contribution in [-0.4, -0.2) is 24.8 Å². The number of carbonyl (C=O) groups excluding carboxylic acids is 1. The number of hydrogen-bond acceptors (Lipinski definition) is 3. The molecule has 4 heteroatoms. The summed E-state index contributed by atoms with van der Waals surface area (Å²) in [5, 5.41) is 0. The van der Waals surface area contributed by atoms with Crippen LogP contribution in [0.3, 0.4) is 0 Å². The van der Waals surface area contributed by atoms with Crippen molar-refractivity contribution in [2.45, 2.75) is 50.9 Å². The Balaban J connectivity index is 1.52. The van der Waals surface area contributed by atoms with Crippen LogP contribution in [0.2, 0.25) is 0 Å². The number of Topliss-reactive ketones (excluding diaryl/α,β-unsaturated/α-hetero) is 1. The van der Waals surface area contributed by atoms with Gasteiger partial charge in [0.15, 0.2) is 12.1 Å². The van der Waals surface area contributed by atoms with E-state index in [1.807, 2.05) is 24.3 Å². The van der Waals surface area contributed by atoms with Crippen LogP contribution in [0.15, 0.2) is 28.7 Å². The molecule has 1 saturated heterocycles. The van der Waals surface area contributed by atoms with E-state index in [0.717, 1.165) is 10.0 Å². The Morgan fingerprint density at radius 3 is 2.57 bits per heavy atom. The fourth-order valence-corrected chi connectivity index (χ4v) is 3.46. The van der Waals surface area contributed by atoms with Crippen molar-refractivity contribution in [3.05, 3.63) is 34.3 Å². The Morgan fingerprint density at radius 1 is 1.14 bits per heavy atom. The summed E-state index contributed by atoms with van der Waals surface area (Å²) in [5.74, 6) is 0.645. The highest BCUT2D eigenvalue weighted by Gasteiger charge is 2.34. The van der Waals surface area contributed by atoms with Crippen molar-refractivity contribution in [2.75, 3.05) is 6.61 Å². The maximum atomic E-state index is 12.2. The van der Waals surface area contributed by atoms with Gasteiger partial charge in [-0.25, -0.2) is 0 Å². The van der Waals surface area contributed by atoms with Crippen LogP contribution in [0.1, 0.15) is 48.9 Å². The normalized spacial score (nSPS) is 26.9. The molecule has 0 N–H and O–H groups in total. The third-order valence-electron chi connectivity index (χ3n) is 4.39. The minimum Gasteiger partial charge on any atom is -0.350 e. The second-order valence-electron chi connectivity index (χ2n) is 5.99. The van der Waals surface area contributed by atoms with E-state index in [0.29, 0.717) is 18.9 Å². The first-order valence-electron chi connectivity index (χ1n) is 7.78. The van der Waals surface area contributed by atoms with Gasteiger partial charge in [0, 0.05) is 22.4 Å². The maximum absolute atomic E-state index is 12.2. The van der Waals surface area contributed by atoms with Gasteiger partial charge in [-0.2, -0.15) is 0 Å². The van der Waals surface area contributed by atoms with Crippen LogP contribution < -0.4 is 0 Å². The fraction of sp³-hybridized carbons (Fsp3) is 0.588. The molecule has 1 aliphatic carbocycles. The van der Waals surface area contributed by atoms with Crippen LogP contribution in [0.4, 0.5) is 0 Å². The lowest BCUT2D eigenvalue weighted by Crippen LogP contribution is -2.25. The second-order valence-corrected chi connectivity index (χ2v) is 6.91. The molecule has 114 valence electrons. The number of hydrogen-bond donors (Lipinski definition) is 0. The number of rotatable bonds is 4. The topological polar surface area (TPSA) is 35.5 Å². The zero-order valence-corrected chi connectivity index (χ0v) is 13.7. The van der Waals surface area contributed by atoms with Crippen molar-refractivity contribution in [3.8, 4) is 0 Å². The first-order chi connectivity index (χ1) is 10.2. The zero-order chi connectivity index (χ0) is 14.7. The molecule has 3 rings (SSSR count). The third kappa shape index (κ3) is 3.93. The van der Waals surface area contributed by atoms with E-state index in [9.17, 15) is 4.79 Å². The van der Waals surface area contributed by atoms with Gasteiger partial charge in [-0.05, 0) is 25.0 Å². The molecule has 2 atom stereocenters. The molecule has 1 aromatic rings. The molecule has 2 fully saturated rings. The molecule has 2 aliphatic rings. The Labute approximate surface area is 134 Å². The SMILES string of the molecule is O=C(C[C@H]1CO[C@H](C2CCCCC2)O1)c1ccc(Br)cc1. The number of benzene rings is 1. The molecule has 0 unspecified atom stereocenters. The maximum Gasteiger partial charge on any atom is 0.165 e. The van der Waals surface area contributed by atoms with E-state index >= 15 is 0 Å². The lowest BCUT2D eigenvalue weighted by molar-refractivity contribution is -0.104. The molecular weight excluding hydrogens is 332 g/mol. The van der Waals surface area contributed by atoms with Crippen LogP contribution >= 0.6 is 15.9 Å². The highest BCUT2D eigenvalue weighted by molar-refractivity contribution is 9.10. The van der Waals surface area contributed by atoms with Crippen LogP contribution in [0.25, 0.3) is 0 Å². The minimum atomic E-state index is -0.0898. The predicted molar refractivity (Wildman–Crippen MR) is 84.3 cm³/mol. The van der Waals surface area contributed by atoms with Gasteiger partial charge in [0.05, 0.1) is 12.7 Å². The smallest absolute Gasteiger partial charge is 0.165 e. The molecule has 0 spiro atoms. The summed E-state index contributed by atoms with van der Waals surface area (Å²) >= 11 is 3.38. The molecule has 1 aromatic carbocycles. The molecule has 3 nitrogen and oxygen atoms in total. The van der Waals surface area contributed by atoms with E-state index in [4.69, 9.17) is 9.47 Å². The molecule has 1 saturated carbocycles. The van der Waals surface area contributed by atoms with Crippen LogP contribution in [-0.2, 0) is 9.47 Å². The molecule has 0 aromatic heterocycles. The van der Waals surface area contributed by atoms with E-state index in [2.05, 4.69) is 15.9 Å². The Morgan fingerprint density at radius 2 is 1.86 bits per heavy atom. The minimum absolute atomic E-state index is 0.0897. The standard InChI is InChI=1S/C17H21BrO3/c18-14-8-6-12(7-9-14)16(19)10-15-11-20-17(21-15)13-4-2-1-3-5-13/h6-9,13,15,17H,1-5,10-11H2/t15-,17-/m0/s1. The first kappa shape index (κ1) is 15.2. The van der Waals surface area contributed by atoms with E-state index in [1.165, 1.54) is 32.1 Å². The molecule has 1 heterocycles. The van der Waals surface area contributed by atoms with Crippen LogP contribution in [0, 0.1) is 5.92 Å². The Kier molecular flexibility index (Phi) is 5.09. The number of ether oxygens (including phenoxy) is 2. The van der Waals surface area contributed by atoms with Crippen molar-refractivity contribution in [1.29, 1.82) is 0 Å². The quantitative estimate of drug-likeness (QED) is 0.756. The van der Waals surface area contributed by atoms with Gasteiger partial charge in [-0.1, -0.05) is 47.3 Å². The largest absolute Gasteiger partial charge is 0.350 e.